The molecule has 1 atom stereocenters. The van der Waals surface area contributed by atoms with Crippen LogP contribution in [0, 0.1) is 6.92 Å². The monoisotopic (exact) mass is 417 g/mol. The Morgan fingerprint density at radius 3 is 2.48 bits per heavy atom. The van der Waals surface area contributed by atoms with Crippen molar-refractivity contribution in [2.75, 3.05) is 6.54 Å². The highest BCUT2D eigenvalue weighted by Crippen LogP contribution is 2.26. The molecule has 7 heteroatoms. The first-order chi connectivity index (χ1) is 13.9. The molecule has 6 nitrogen and oxygen atoms in total. The van der Waals surface area contributed by atoms with Crippen molar-refractivity contribution in [3.63, 3.8) is 0 Å². The zero-order valence-corrected chi connectivity index (χ0v) is 17.8. The predicted molar refractivity (Wildman–Crippen MR) is 116 cm³/mol. The smallest absolute Gasteiger partial charge is 0.241 e. The molecule has 158 valence electrons. The number of benzene rings is 2. The average molecular weight is 418 g/mol. The third-order valence-electron chi connectivity index (χ3n) is 5.65. The molecule has 2 aromatic carbocycles. The van der Waals surface area contributed by atoms with Crippen molar-refractivity contribution >= 4 is 26.7 Å². The van der Waals surface area contributed by atoms with Gasteiger partial charge in [0, 0.05) is 11.4 Å². The number of rotatable bonds is 8. The van der Waals surface area contributed by atoms with E-state index in [-0.39, 0.29) is 16.8 Å². The number of carbonyl (C=O) groups is 1. The normalized spacial score (nSPS) is 16.6. The van der Waals surface area contributed by atoms with Crippen LogP contribution in [0.5, 0.6) is 0 Å². The second-order valence-corrected chi connectivity index (χ2v) is 9.56. The molecule has 0 aromatic heterocycles. The zero-order valence-electron chi connectivity index (χ0n) is 17.0. The molecule has 0 aliphatic heterocycles. The SMILES string of the molecule is Cc1ccc(S(=O)(=O)N[C@@H](CCCN)C(=O)NC2CCCCC2)c2ccccc12. The van der Waals surface area contributed by atoms with Gasteiger partial charge in [-0.1, -0.05) is 49.6 Å². The van der Waals surface area contributed by atoms with Gasteiger partial charge in [-0.2, -0.15) is 4.72 Å². The molecular weight excluding hydrogens is 386 g/mol. The van der Waals surface area contributed by atoms with E-state index in [1.807, 2.05) is 25.1 Å². The number of sulfonamides is 1. The highest BCUT2D eigenvalue weighted by atomic mass is 32.2. The molecule has 0 bridgehead atoms. The average Bonchev–Trinajstić information content (AvgIpc) is 2.72. The van der Waals surface area contributed by atoms with Crippen molar-refractivity contribution in [3.8, 4) is 0 Å². The molecule has 1 fully saturated rings. The third-order valence-corrected chi connectivity index (χ3v) is 7.18. The Labute approximate surface area is 173 Å². The number of fused-ring (bicyclic) bond motifs is 1. The first kappa shape index (κ1) is 21.7. The van der Waals surface area contributed by atoms with Gasteiger partial charge in [0.25, 0.3) is 0 Å². The lowest BCUT2D eigenvalue weighted by Crippen LogP contribution is -2.50. The van der Waals surface area contributed by atoms with Gasteiger partial charge < -0.3 is 11.1 Å². The molecule has 1 saturated carbocycles. The van der Waals surface area contributed by atoms with E-state index in [1.165, 1.54) is 6.42 Å². The summed E-state index contributed by atoms with van der Waals surface area (Å²) in [4.78, 5) is 13.1. The summed E-state index contributed by atoms with van der Waals surface area (Å²) in [6, 6.07) is 10.1. The zero-order chi connectivity index (χ0) is 20.9. The maximum atomic E-state index is 13.2. The van der Waals surface area contributed by atoms with Crippen LogP contribution in [0.15, 0.2) is 41.3 Å². The van der Waals surface area contributed by atoms with Crippen molar-refractivity contribution in [3.05, 3.63) is 42.0 Å². The van der Waals surface area contributed by atoms with Gasteiger partial charge in [-0.25, -0.2) is 8.42 Å². The summed E-state index contributed by atoms with van der Waals surface area (Å²) in [6.07, 6.45) is 6.22. The quantitative estimate of drug-likeness (QED) is 0.614. The Morgan fingerprint density at radius 1 is 1.10 bits per heavy atom. The van der Waals surface area contributed by atoms with Crippen LogP contribution in [0.25, 0.3) is 10.8 Å². The van der Waals surface area contributed by atoms with Crippen LogP contribution in [-0.4, -0.2) is 33.0 Å². The maximum Gasteiger partial charge on any atom is 0.241 e. The molecule has 29 heavy (non-hydrogen) atoms. The largest absolute Gasteiger partial charge is 0.352 e. The molecule has 0 heterocycles. The number of hydrogen-bond donors (Lipinski definition) is 3. The van der Waals surface area contributed by atoms with Crippen molar-refractivity contribution in [2.45, 2.75) is 68.8 Å². The van der Waals surface area contributed by atoms with Crippen LogP contribution in [0.4, 0.5) is 0 Å². The van der Waals surface area contributed by atoms with E-state index in [0.717, 1.165) is 36.6 Å². The minimum absolute atomic E-state index is 0.126. The molecule has 4 N–H and O–H groups in total. The predicted octanol–water partition coefficient (Wildman–Crippen LogP) is 2.98. The minimum atomic E-state index is -3.87. The van der Waals surface area contributed by atoms with Crippen molar-refractivity contribution in [1.82, 2.24) is 10.0 Å². The molecular formula is C22H31N3O3S. The fourth-order valence-corrected chi connectivity index (χ4v) is 5.46. The molecule has 1 aliphatic rings. The fourth-order valence-electron chi connectivity index (χ4n) is 4.02. The van der Waals surface area contributed by atoms with E-state index in [4.69, 9.17) is 5.73 Å². The molecule has 1 amide bonds. The summed E-state index contributed by atoms with van der Waals surface area (Å²) in [5.74, 6) is -0.259. The number of carbonyl (C=O) groups excluding carboxylic acids is 1. The van der Waals surface area contributed by atoms with Crippen molar-refractivity contribution in [2.24, 2.45) is 5.73 Å². The summed E-state index contributed by atoms with van der Waals surface area (Å²) in [5.41, 5.74) is 6.63. The van der Waals surface area contributed by atoms with Gasteiger partial charge in [0.15, 0.2) is 0 Å². The van der Waals surface area contributed by atoms with Crippen LogP contribution in [0.2, 0.25) is 0 Å². The number of amides is 1. The summed E-state index contributed by atoms with van der Waals surface area (Å²) >= 11 is 0. The number of hydrogen-bond acceptors (Lipinski definition) is 4. The van der Waals surface area contributed by atoms with Crippen LogP contribution >= 0.6 is 0 Å². The Bertz CT molecular complexity index is 953. The Balaban J connectivity index is 1.84. The van der Waals surface area contributed by atoms with E-state index in [0.29, 0.717) is 24.8 Å². The van der Waals surface area contributed by atoms with E-state index in [9.17, 15) is 13.2 Å². The Hall–Kier alpha value is -1.96. The van der Waals surface area contributed by atoms with E-state index >= 15 is 0 Å². The van der Waals surface area contributed by atoms with E-state index in [2.05, 4.69) is 10.0 Å². The second-order valence-electron chi connectivity index (χ2n) is 7.87. The molecule has 0 unspecified atom stereocenters. The summed E-state index contributed by atoms with van der Waals surface area (Å²) in [6.45, 7) is 2.36. The third kappa shape index (κ3) is 5.35. The van der Waals surface area contributed by atoms with Gasteiger partial charge in [-0.05, 0) is 56.2 Å². The molecule has 0 radical (unpaired) electrons. The second kappa shape index (κ2) is 9.69. The number of aryl methyl sites for hydroxylation is 1. The van der Waals surface area contributed by atoms with E-state index < -0.39 is 16.1 Å². The van der Waals surface area contributed by atoms with Gasteiger partial charge in [0.05, 0.1) is 4.90 Å². The maximum absolute atomic E-state index is 13.2. The van der Waals surface area contributed by atoms with Crippen LogP contribution in [0.1, 0.15) is 50.5 Å². The molecule has 0 saturated heterocycles. The van der Waals surface area contributed by atoms with Gasteiger partial charge >= 0.3 is 0 Å². The first-order valence-electron chi connectivity index (χ1n) is 10.4. The van der Waals surface area contributed by atoms with E-state index in [1.54, 1.807) is 18.2 Å². The standard InChI is InChI=1S/C22H31N3O3S/c1-16-13-14-21(19-11-6-5-10-18(16)19)29(27,28)25-20(12-7-15-23)22(26)24-17-8-3-2-4-9-17/h5-6,10-11,13-14,17,20,25H,2-4,7-9,12,15,23H2,1H3,(H,24,26)/t20-/m0/s1. The van der Waals surface area contributed by atoms with Gasteiger partial charge in [-0.3, -0.25) is 4.79 Å². The minimum Gasteiger partial charge on any atom is -0.352 e. The fraction of sp³-hybridized carbons (Fsp3) is 0.500. The number of nitrogens with one attached hydrogen (secondary N) is 2. The highest BCUT2D eigenvalue weighted by molar-refractivity contribution is 7.89. The number of nitrogens with two attached hydrogens (primary N) is 1. The summed E-state index contributed by atoms with van der Waals surface area (Å²) in [5, 5.41) is 4.59. The molecule has 1 aliphatic carbocycles. The van der Waals surface area contributed by atoms with Gasteiger partial charge in [0.1, 0.15) is 6.04 Å². The van der Waals surface area contributed by atoms with Crippen molar-refractivity contribution < 1.29 is 13.2 Å². The Morgan fingerprint density at radius 2 is 1.79 bits per heavy atom. The van der Waals surface area contributed by atoms with Crippen LogP contribution < -0.4 is 15.8 Å². The lowest BCUT2D eigenvalue weighted by molar-refractivity contribution is -0.123. The summed E-state index contributed by atoms with van der Waals surface area (Å²) in [7, 11) is -3.87. The van der Waals surface area contributed by atoms with Crippen molar-refractivity contribution in [1.29, 1.82) is 0 Å². The summed E-state index contributed by atoms with van der Waals surface area (Å²) < 4.78 is 29.1. The van der Waals surface area contributed by atoms with Gasteiger partial charge in [0.2, 0.25) is 15.9 Å². The topological polar surface area (TPSA) is 101 Å². The molecule has 0 spiro atoms. The molecule has 3 rings (SSSR count). The Kier molecular flexibility index (Phi) is 7.27. The van der Waals surface area contributed by atoms with Gasteiger partial charge in [-0.15, -0.1) is 0 Å². The van der Waals surface area contributed by atoms with Crippen LogP contribution in [-0.2, 0) is 14.8 Å². The highest BCUT2D eigenvalue weighted by Gasteiger charge is 2.28. The first-order valence-corrected chi connectivity index (χ1v) is 11.9. The van der Waals surface area contributed by atoms with Crippen LogP contribution in [0.3, 0.4) is 0 Å². The lowest BCUT2D eigenvalue weighted by atomic mass is 9.95. The lowest BCUT2D eigenvalue weighted by Gasteiger charge is -2.26. The molecule has 2 aromatic rings.